The average Bonchev–Trinajstić information content (AvgIpc) is 4.13. The Morgan fingerprint density at radius 1 is 0.803 bits per heavy atom. The van der Waals surface area contributed by atoms with E-state index in [4.69, 9.17) is 19.7 Å². The lowest BCUT2D eigenvalue weighted by molar-refractivity contribution is -0.134. The number of carbonyl (C=O) groups is 3. The fourth-order valence-electron chi connectivity index (χ4n) is 8.58. The van der Waals surface area contributed by atoms with Gasteiger partial charge in [-0.05, 0) is 74.4 Å². The third-order valence-corrected chi connectivity index (χ3v) is 11.9. The fraction of sp³-hybridized carbons (Fsp3) is 0.362. The van der Waals surface area contributed by atoms with Crippen LogP contribution in [0.25, 0.3) is 44.7 Å². The van der Waals surface area contributed by atoms with E-state index in [9.17, 15) is 14.4 Å². The Labute approximate surface area is 355 Å². The molecule has 316 valence electrons. The molecule has 5 N–H and O–H groups in total. The van der Waals surface area contributed by atoms with Gasteiger partial charge in [0.15, 0.2) is 0 Å². The highest BCUT2D eigenvalue weighted by Crippen LogP contribution is 2.36. The Morgan fingerprint density at radius 3 is 2.20 bits per heavy atom. The zero-order valence-electron chi connectivity index (χ0n) is 35.2. The Hall–Kier alpha value is -6.54. The molecule has 0 bridgehead atoms. The average molecular weight is 823 g/mol. The van der Waals surface area contributed by atoms with Crippen molar-refractivity contribution in [1.29, 1.82) is 0 Å². The maximum absolute atomic E-state index is 14.1. The van der Waals surface area contributed by atoms with Gasteiger partial charge in [0.05, 0.1) is 54.2 Å². The number of aromatic nitrogens is 5. The zero-order valence-corrected chi connectivity index (χ0v) is 35.2. The first kappa shape index (κ1) is 41.2. The summed E-state index contributed by atoms with van der Waals surface area (Å²) in [6.45, 7) is 8.78. The summed E-state index contributed by atoms with van der Waals surface area (Å²) >= 11 is 0. The Kier molecular flexibility index (Phi) is 12.4. The molecule has 0 radical (unpaired) electrons. The third-order valence-electron chi connectivity index (χ3n) is 11.9. The highest BCUT2D eigenvalue weighted by atomic mass is 16.5. The van der Waals surface area contributed by atoms with Crippen LogP contribution in [0.2, 0.25) is 0 Å². The van der Waals surface area contributed by atoms with Crippen molar-refractivity contribution < 1.29 is 19.1 Å². The van der Waals surface area contributed by atoms with Crippen molar-refractivity contribution in [2.24, 2.45) is 5.92 Å². The highest BCUT2D eigenvalue weighted by Gasteiger charge is 2.37. The van der Waals surface area contributed by atoms with E-state index in [-0.39, 0.29) is 36.0 Å². The van der Waals surface area contributed by atoms with Crippen LogP contribution in [0, 0.1) is 5.92 Å². The normalized spacial score (nSPS) is 17.7. The summed E-state index contributed by atoms with van der Waals surface area (Å²) in [7, 11) is 1.40. The van der Waals surface area contributed by atoms with Crippen LogP contribution in [0.3, 0.4) is 0 Å². The van der Waals surface area contributed by atoms with Crippen molar-refractivity contribution in [2.75, 3.05) is 33.3 Å². The number of urea groups is 1. The molecule has 0 aliphatic carbocycles. The number of methoxy groups -OCH3 is 1. The number of likely N-dealkylation sites (tertiary alicyclic amines) is 2. The predicted octanol–water partition coefficient (Wildman–Crippen LogP) is 7.92. The van der Waals surface area contributed by atoms with Crippen molar-refractivity contribution in [1.82, 2.24) is 50.7 Å². The number of imidazole rings is 2. The van der Waals surface area contributed by atoms with Gasteiger partial charge in [0, 0.05) is 42.2 Å². The number of H-pyrrole nitrogens is 2. The van der Waals surface area contributed by atoms with Crippen LogP contribution < -0.4 is 16.0 Å². The van der Waals surface area contributed by atoms with E-state index in [0.29, 0.717) is 13.1 Å². The first-order valence-corrected chi connectivity index (χ1v) is 21.3. The van der Waals surface area contributed by atoms with Gasteiger partial charge in [-0.3, -0.25) is 9.69 Å². The molecule has 14 nitrogen and oxygen atoms in total. The summed E-state index contributed by atoms with van der Waals surface area (Å²) in [5.74, 6) is 1.76. The molecule has 0 unspecified atom stereocenters. The van der Waals surface area contributed by atoms with Gasteiger partial charge in [-0.2, -0.15) is 0 Å². The minimum absolute atomic E-state index is 0.0233. The topological polar surface area (TPSA) is 173 Å². The zero-order chi connectivity index (χ0) is 42.5. The van der Waals surface area contributed by atoms with Crippen LogP contribution in [0.4, 0.5) is 9.59 Å². The van der Waals surface area contributed by atoms with Crippen LogP contribution >= 0.6 is 0 Å². The van der Waals surface area contributed by atoms with Crippen LogP contribution in [-0.2, 0) is 9.53 Å². The molecule has 2 saturated heterocycles. The monoisotopic (exact) mass is 822 g/mol. The number of ether oxygens (including phenoxy) is 1. The molecule has 4 atom stereocenters. The summed E-state index contributed by atoms with van der Waals surface area (Å²) in [6.07, 6.45) is 7.01. The first-order chi connectivity index (χ1) is 29.7. The van der Waals surface area contributed by atoms with Gasteiger partial charge >= 0.3 is 12.1 Å². The second kappa shape index (κ2) is 18.4. The predicted molar refractivity (Wildman–Crippen MR) is 235 cm³/mol. The number of pyridine rings is 1. The molecule has 61 heavy (non-hydrogen) atoms. The van der Waals surface area contributed by atoms with Crippen LogP contribution in [0.5, 0.6) is 0 Å². The Bertz CT molecular complexity index is 2460. The molecule has 6 aromatic rings. The largest absolute Gasteiger partial charge is 0.453 e. The minimum atomic E-state index is -0.814. The number of aromatic amines is 2. The number of hydrogen-bond acceptors (Lipinski definition) is 8. The summed E-state index contributed by atoms with van der Waals surface area (Å²) in [4.78, 5) is 64.5. The molecule has 2 aliphatic heterocycles. The first-order valence-electron chi connectivity index (χ1n) is 21.3. The molecule has 0 spiro atoms. The lowest BCUT2D eigenvalue weighted by Gasteiger charge is -2.30. The highest BCUT2D eigenvalue weighted by molar-refractivity contribution is 5.89. The SMILES string of the molecule is CCNC(=O)N[C@@H](C(=O)N1CCC[C@H]1c1ncc(-c2ccc3nc(-c4ccc(-c5cnc([C@@H]6CCCN6C[C@@H](NC(=O)OC)C(C)C)[nH]5)cc4)ccc3c2)[nH]1)c1ccccc1. The van der Waals surface area contributed by atoms with Gasteiger partial charge in [0.25, 0.3) is 0 Å². The van der Waals surface area contributed by atoms with Gasteiger partial charge in [-0.15, -0.1) is 0 Å². The quantitative estimate of drug-likeness (QED) is 0.0782. The Balaban J connectivity index is 0.935. The second-order valence-corrected chi connectivity index (χ2v) is 16.2. The minimum Gasteiger partial charge on any atom is -0.453 e. The van der Waals surface area contributed by atoms with Crippen molar-refractivity contribution in [2.45, 2.75) is 70.6 Å². The molecular formula is C47H54N10O4. The number of alkyl carbamates (subject to hydrolysis) is 1. The van der Waals surface area contributed by atoms with Crippen molar-refractivity contribution in [3.8, 4) is 33.8 Å². The molecule has 14 heteroatoms. The molecule has 8 rings (SSSR count). The maximum atomic E-state index is 14.1. The molecule has 5 heterocycles. The smallest absolute Gasteiger partial charge is 0.407 e. The summed E-state index contributed by atoms with van der Waals surface area (Å²) in [5, 5.41) is 9.63. The van der Waals surface area contributed by atoms with E-state index in [0.717, 1.165) is 101 Å². The van der Waals surface area contributed by atoms with E-state index in [1.807, 2.05) is 72.7 Å². The second-order valence-electron chi connectivity index (χ2n) is 16.2. The number of carbonyl (C=O) groups excluding carboxylic acids is 3. The summed E-state index contributed by atoms with van der Waals surface area (Å²) in [6, 6.07) is 26.7. The summed E-state index contributed by atoms with van der Waals surface area (Å²) in [5.41, 5.74) is 7.33. The van der Waals surface area contributed by atoms with Gasteiger partial charge in [-0.1, -0.05) is 80.6 Å². The fourth-order valence-corrected chi connectivity index (χ4v) is 8.58. The van der Waals surface area contributed by atoms with Crippen molar-refractivity contribution >= 4 is 28.9 Å². The van der Waals surface area contributed by atoms with Gasteiger partial charge < -0.3 is 35.6 Å². The van der Waals surface area contributed by atoms with Crippen molar-refractivity contribution in [3.63, 3.8) is 0 Å². The number of nitrogens with one attached hydrogen (secondary N) is 5. The molecule has 3 aromatic carbocycles. The molecule has 3 aromatic heterocycles. The standard InChI is InChI=1S/C47H54N10O4/c1-5-48-46(59)55-42(32-11-7-6-8-12-32)45(58)57-24-10-14-41(57)44-50-27-38(53-44)34-20-22-36-33(25-34)19-21-35(51-36)30-15-17-31(18-16-30)37-26-49-43(52-37)40-13-9-23-56(40)28-39(29(2)3)54-47(60)61-4/h6-8,11-12,15-22,25-27,29,39-42H,5,9-10,13-14,23-24,28H2,1-4H3,(H,49,52)(H,50,53)(H,54,60)(H2,48,55,59)/t39-,40+,41+,42-/m1/s1. The summed E-state index contributed by atoms with van der Waals surface area (Å²) < 4.78 is 4.87. The van der Waals surface area contributed by atoms with Gasteiger partial charge in [-0.25, -0.2) is 24.5 Å². The van der Waals surface area contributed by atoms with Crippen LogP contribution in [-0.4, -0.2) is 92.1 Å². The third kappa shape index (κ3) is 9.14. The molecule has 0 saturated carbocycles. The van der Waals surface area contributed by atoms with E-state index in [1.54, 1.807) is 0 Å². The van der Waals surface area contributed by atoms with E-state index in [1.165, 1.54) is 7.11 Å². The number of rotatable bonds is 13. The van der Waals surface area contributed by atoms with E-state index in [2.05, 4.69) is 81.1 Å². The molecule has 2 aliphatic rings. The Morgan fingerprint density at radius 2 is 1.48 bits per heavy atom. The molecule has 4 amide bonds. The van der Waals surface area contributed by atoms with E-state index < -0.39 is 12.1 Å². The number of nitrogens with zero attached hydrogens (tertiary/aromatic N) is 5. The lowest BCUT2D eigenvalue weighted by atomic mass is 10.0. The number of fused-ring (bicyclic) bond motifs is 1. The molecule has 2 fully saturated rings. The van der Waals surface area contributed by atoms with Gasteiger partial charge in [0.2, 0.25) is 5.91 Å². The van der Waals surface area contributed by atoms with Crippen molar-refractivity contribution in [3.05, 3.63) is 115 Å². The number of hydrogen-bond donors (Lipinski definition) is 5. The lowest BCUT2D eigenvalue weighted by Crippen LogP contribution is -2.46. The van der Waals surface area contributed by atoms with Gasteiger partial charge in [0.1, 0.15) is 17.7 Å². The maximum Gasteiger partial charge on any atom is 0.407 e. The number of benzene rings is 3. The van der Waals surface area contributed by atoms with Crippen LogP contribution in [0.1, 0.15) is 81.8 Å². The van der Waals surface area contributed by atoms with Crippen LogP contribution in [0.15, 0.2) is 97.3 Å². The van der Waals surface area contributed by atoms with E-state index >= 15 is 0 Å². The molecular weight excluding hydrogens is 769 g/mol. The number of amides is 4.